The molecule has 0 aliphatic rings. The molecule has 35 heavy (non-hydrogen) atoms. The largest absolute Gasteiger partial charge is 0.354 e. The molecule has 1 unspecified atom stereocenters. The summed E-state index contributed by atoms with van der Waals surface area (Å²) in [5.41, 5.74) is 2.84. The van der Waals surface area contributed by atoms with Gasteiger partial charge in [-0.1, -0.05) is 104 Å². The Balaban J connectivity index is 1.92. The summed E-state index contributed by atoms with van der Waals surface area (Å²) in [5, 5.41) is 3.94. The Hall–Kier alpha value is -2.82. The molecule has 0 aromatic heterocycles. The molecule has 0 radical (unpaired) electrons. The highest BCUT2D eigenvalue weighted by Gasteiger charge is 2.29. The van der Waals surface area contributed by atoms with Gasteiger partial charge in [0.05, 0.1) is 0 Å². The summed E-state index contributed by atoms with van der Waals surface area (Å²) < 4.78 is 0. The number of carbonyl (C=O) groups excluding carboxylic acids is 2. The summed E-state index contributed by atoms with van der Waals surface area (Å²) in [6.45, 7) is 6.58. The molecule has 0 fully saturated rings. The lowest BCUT2D eigenvalue weighted by Crippen LogP contribution is -2.48. The third-order valence-electron chi connectivity index (χ3n) is 5.99. The van der Waals surface area contributed by atoms with Gasteiger partial charge in [0.1, 0.15) is 6.04 Å². The van der Waals surface area contributed by atoms with Crippen molar-refractivity contribution >= 4 is 35.0 Å². The monoisotopic (exact) mass is 510 g/mol. The summed E-state index contributed by atoms with van der Waals surface area (Å²) in [6, 6.07) is 24.5. The molecule has 3 rings (SSSR count). The van der Waals surface area contributed by atoms with E-state index in [4.69, 9.17) is 23.2 Å². The minimum absolute atomic E-state index is 0.124. The predicted molar refractivity (Wildman–Crippen MR) is 144 cm³/mol. The Morgan fingerprint density at radius 3 is 1.94 bits per heavy atom. The van der Waals surface area contributed by atoms with Crippen LogP contribution in [0.15, 0.2) is 78.9 Å². The molecule has 184 valence electrons. The number of carbonyl (C=O) groups is 2. The van der Waals surface area contributed by atoms with E-state index >= 15 is 0 Å². The lowest BCUT2D eigenvalue weighted by molar-refractivity contribution is -0.140. The van der Waals surface area contributed by atoms with Crippen LogP contribution in [0.3, 0.4) is 0 Å². The molecule has 0 aliphatic heterocycles. The van der Waals surface area contributed by atoms with E-state index in [-0.39, 0.29) is 30.7 Å². The third-order valence-corrected chi connectivity index (χ3v) is 6.58. The standard InChI is InChI=1S/C29H32Cl2N2O2/c1-20(2)18-32-29(35)21(3)33(19-24-14-15-25(30)16-27(24)31)28(34)17-26(22-10-6-4-7-11-22)23-12-8-5-9-13-23/h4-16,20-21,26H,17-19H2,1-3H3,(H,32,35). The van der Waals surface area contributed by atoms with Crippen LogP contribution in [0.2, 0.25) is 10.0 Å². The zero-order chi connectivity index (χ0) is 25.4. The summed E-state index contributed by atoms with van der Waals surface area (Å²) in [7, 11) is 0. The quantitative estimate of drug-likeness (QED) is 0.329. The van der Waals surface area contributed by atoms with Crippen molar-refractivity contribution in [3.8, 4) is 0 Å². The van der Waals surface area contributed by atoms with Crippen molar-refractivity contribution in [2.24, 2.45) is 5.92 Å². The maximum Gasteiger partial charge on any atom is 0.242 e. The van der Waals surface area contributed by atoms with Gasteiger partial charge in [-0.3, -0.25) is 9.59 Å². The second-order valence-corrected chi connectivity index (χ2v) is 9.99. The van der Waals surface area contributed by atoms with Gasteiger partial charge in [0.2, 0.25) is 11.8 Å². The van der Waals surface area contributed by atoms with E-state index in [0.717, 1.165) is 16.7 Å². The Kier molecular flexibility index (Phi) is 9.76. The van der Waals surface area contributed by atoms with Gasteiger partial charge in [-0.05, 0) is 41.7 Å². The van der Waals surface area contributed by atoms with Crippen LogP contribution in [0.5, 0.6) is 0 Å². The Morgan fingerprint density at radius 1 is 0.857 bits per heavy atom. The lowest BCUT2D eigenvalue weighted by Gasteiger charge is -2.31. The summed E-state index contributed by atoms with van der Waals surface area (Å²) in [5.74, 6) is -0.144. The molecule has 1 atom stereocenters. The summed E-state index contributed by atoms with van der Waals surface area (Å²) in [6.07, 6.45) is 0.223. The van der Waals surface area contributed by atoms with E-state index in [1.807, 2.05) is 74.5 Å². The molecule has 1 N–H and O–H groups in total. The van der Waals surface area contributed by atoms with Crippen molar-refractivity contribution in [1.29, 1.82) is 0 Å². The fourth-order valence-electron chi connectivity index (χ4n) is 3.96. The normalized spacial score (nSPS) is 12.0. The van der Waals surface area contributed by atoms with Gasteiger partial charge in [0.25, 0.3) is 0 Å². The second-order valence-electron chi connectivity index (χ2n) is 9.15. The maximum atomic E-state index is 13.8. The van der Waals surface area contributed by atoms with Gasteiger partial charge in [0.15, 0.2) is 0 Å². The van der Waals surface area contributed by atoms with E-state index in [0.29, 0.717) is 22.5 Å². The van der Waals surface area contributed by atoms with Gasteiger partial charge < -0.3 is 10.2 Å². The molecule has 3 aromatic carbocycles. The number of rotatable bonds is 10. The topological polar surface area (TPSA) is 49.4 Å². The first kappa shape index (κ1) is 26.8. The van der Waals surface area contributed by atoms with Gasteiger partial charge in [-0.25, -0.2) is 0 Å². The lowest BCUT2D eigenvalue weighted by atomic mass is 9.88. The van der Waals surface area contributed by atoms with Crippen LogP contribution in [0, 0.1) is 5.92 Å². The minimum atomic E-state index is -0.666. The van der Waals surface area contributed by atoms with Gasteiger partial charge in [0, 0.05) is 35.5 Å². The maximum absolute atomic E-state index is 13.8. The number of hydrogen-bond acceptors (Lipinski definition) is 2. The van der Waals surface area contributed by atoms with Crippen molar-refractivity contribution in [3.63, 3.8) is 0 Å². The van der Waals surface area contributed by atoms with Gasteiger partial charge in [-0.2, -0.15) is 0 Å². The molecule has 3 aromatic rings. The fraction of sp³-hybridized carbons (Fsp3) is 0.310. The van der Waals surface area contributed by atoms with Crippen LogP contribution in [0.4, 0.5) is 0 Å². The molecular formula is C29H32Cl2N2O2. The Labute approximate surface area is 218 Å². The number of nitrogens with one attached hydrogen (secondary N) is 1. The highest BCUT2D eigenvalue weighted by Crippen LogP contribution is 2.30. The molecule has 0 saturated heterocycles. The highest BCUT2D eigenvalue weighted by molar-refractivity contribution is 6.35. The van der Waals surface area contributed by atoms with Crippen LogP contribution >= 0.6 is 23.2 Å². The highest BCUT2D eigenvalue weighted by atomic mass is 35.5. The van der Waals surface area contributed by atoms with E-state index in [9.17, 15) is 9.59 Å². The molecule has 0 bridgehead atoms. The third kappa shape index (κ3) is 7.58. The second kappa shape index (κ2) is 12.8. The predicted octanol–water partition coefficient (Wildman–Crippen LogP) is 6.70. The fourth-order valence-corrected chi connectivity index (χ4v) is 4.43. The molecule has 6 heteroatoms. The van der Waals surface area contributed by atoms with E-state index in [1.165, 1.54) is 0 Å². The van der Waals surface area contributed by atoms with E-state index < -0.39 is 6.04 Å². The van der Waals surface area contributed by atoms with Crippen molar-refractivity contribution in [2.45, 2.75) is 45.7 Å². The molecule has 0 spiro atoms. The first-order valence-electron chi connectivity index (χ1n) is 11.9. The van der Waals surface area contributed by atoms with Crippen molar-refractivity contribution in [2.75, 3.05) is 6.54 Å². The van der Waals surface area contributed by atoms with Gasteiger partial charge >= 0.3 is 0 Å². The SMILES string of the molecule is CC(C)CNC(=O)C(C)N(Cc1ccc(Cl)cc1Cl)C(=O)CC(c1ccccc1)c1ccccc1. The molecule has 0 saturated carbocycles. The number of halogens is 2. The zero-order valence-corrected chi connectivity index (χ0v) is 21.9. The van der Waals surface area contributed by atoms with Crippen molar-refractivity contribution in [3.05, 3.63) is 106 Å². The molecule has 2 amide bonds. The van der Waals surface area contributed by atoms with Crippen LogP contribution in [-0.4, -0.2) is 29.3 Å². The van der Waals surface area contributed by atoms with E-state index in [2.05, 4.69) is 5.32 Å². The average molecular weight is 511 g/mol. The Morgan fingerprint density at radius 2 is 1.43 bits per heavy atom. The van der Waals surface area contributed by atoms with E-state index in [1.54, 1.807) is 30.0 Å². The average Bonchev–Trinajstić information content (AvgIpc) is 2.86. The molecule has 4 nitrogen and oxygen atoms in total. The molecule has 0 heterocycles. The minimum Gasteiger partial charge on any atom is -0.354 e. The van der Waals surface area contributed by atoms with Crippen LogP contribution < -0.4 is 5.32 Å². The van der Waals surface area contributed by atoms with Crippen molar-refractivity contribution in [1.82, 2.24) is 10.2 Å². The molecular weight excluding hydrogens is 479 g/mol. The number of benzene rings is 3. The van der Waals surface area contributed by atoms with Crippen molar-refractivity contribution < 1.29 is 9.59 Å². The summed E-state index contributed by atoms with van der Waals surface area (Å²) in [4.78, 5) is 28.4. The zero-order valence-electron chi connectivity index (χ0n) is 20.4. The number of hydrogen-bond donors (Lipinski definition) is 1. The summed E-state index contributed by atoms with van der Waals surface area (Å²) >= 11 is 12.5. The first-order valence-corrected chi connectivity index (χ1v) is 12.6. The molecule has 0 aliphatic carbocycles. The van der Waals surface area contributed by atoms with Gasteiger partial charge in [-0.15, -0.1) is 0 Å². The van der Waals surface area contributed by atoms with Crippen LogP contribution in [0.1, 0.15) is 49.8 Å². The first-order chi connectivity index (χ1) is 16.8. The van der Waals surface area contributed by atoms with Crippen LogP contribution in [0.25, 0.3) is 0 Å². The van der Waals surface area contributed by atoms with Crippen LogP contribution in [-0.2, 0) is 16.1 Å². The number of amides is 2. The smallest absolute Gasteiger partial charge is 0.242 e. The number of nitrogens with zero attached hydrogens (tertiary/aromatic N) is 1. The Bertz CT molecular complexity index is 1080.